The SMILES string of the molecule is Cl.FC(F)(F)c1cc(Cl)cc([C@@H]2CCCCN2)c1. The topological polar surface area (TPSA) is 12.0 Å². The number of hydrogen-bond acceptors (Lipinski definition) is 1. The first kappa shape index (κ1) is 15.6. The summed E-state index contributed by atoms with van der Waals surface area (Å²) in [4.78, 5) is 0. The van der Waals surface area contributed by atoms with Crippen molar-refractivity contribution in [3.63, 3.8) is 0 Å². The van der Waals surface area contributed by atoms with Crippen LogP contribution in [0, 0.1) is 0 Å². The molecule has 0 unspecified atom stereocenters. The van der Waals surface area contributed by atoms with Crippen molar-refractivity contribution in [2.45, 2.75) is 31.5 Å². The second-order valence-corrected chi connectivity index (χ2v) is 4.71. The summed E-state index contributed by atoms with van der Waals surface area (Å²) in [6, 6.07) is 3.76. The number of nitrogens with one attached hydrogen (secondary N) is 1. The van der Waals surface area contributed by atoms with Crippen LogP contribution in [0.5, 0.6) is 0 Å². The van der Waals surface area contributed by atoms with Gasteiger partial charge in [0.05, 0.1) is 5.56 Å². The smallest absolute Gasteiger partial charge is 0.310 e. The molecular formula is C12H14Cl2F3N. The lowest BCUT2D eigenvalue weighted by Crippen LogP contribution is -2.27. The molecule has 0 spiro atoms. The molecule has 0 saturated carbocycles. The number of hydrogen-bond donors (Lipinski definition) is 1. The van der Waals surface area contributed by atoms with Crippen LogP contribution in [0.2, 0.25) is 5.02 Å². The highest BCUT2D eigenvalue weighted by Crippen LogP contribution is 2.34. The van der Waals surface area contributed by atoms with Crippen molar-refractivity contribution in [3.8, 4) is 0 Å². The third kappa shape index (κ3) is 3.77. The van der Waals surface area contributed by atoms with Gasteiger partial charge in [-0.2, -0.15) is 13.2 Å². The maximum atomic E-state index is 12.6. The molecule has 2 rings (SSSR count). The Balaban J connectivity index is 0.00000162. The van der Waals surface area contributed by atoms with Crippen molar-refractivity contribution >= 4 is 24.0 Å². The van der Waals surface area contributed by atoms with Crippen LogP contribution in [0.25, 0.3) is 0 Å². The summed E-state index contributed by atoms with van der Waals surface area (Å²) in [7, 11) is 0. The molecule has 6 heteroatoms. The highest BCUT2D eigenvalue weighted by atomic mass is 35.5. The lowest BCUT2D eigenvalue weighted by molar-refractivity contribution is -0.137. The van der Waals surface area contributed by atoms with E-state index in [2.05, 4.69) is 5.32 Å². The molecule has 1 aliphatic heterocycles. The normalized spacial score (nSPS) is 20.3. The first-order chi connectivity index (χ1) is 7.97. The van der Waals surface area contributed by atoms with E-state index in [1.54, 1.807) is 6.07 Å². The van der Waals surface area contributed by atoms with Gasteiger partial charge in [0, 0.05) is 11.1 Å². The van der Waals surface area contributed by atoms with Gasteiger partial charge in [-0.25, -0.2) is 0 Å². The lowest BCUT2D eigenvalue weighted by atomic mass is 9.96. The number of piperidine rings is 1. The van der Waals surface area contributed by atoms with Gasteiger partial charge in [-0.3, -0.25) is 0 Å². The maximum absolute atomic E-state index is 12.6. The van der Waals surface area contributed by atoms with E-state index in [0.717, 1.165) is 31.9 Å². The minimum absolute atomic E-state index is 0. The second-order valence-electron chi connectivity index (χ2n) is 4.27. The molecule has 18 heavy (non-hydrogen) atoms. The minimum atomic E-state index is -4.34. The first-order valence-electron chi connectivity index (χ1n) is 5.58. The molecule has 0 amide bonds. The average molecular weight is 300 g/mol. The summed E-state index contributed by atoms with van der Waals surface area (Å²) in [5.74, 6) is 0. The average Bonchev–Trinajstić information content (AvgIpc) is 2.28. The fourth-order valence-electron chi connectivity index (χ4n) is 2.11. The minimum Gasteiger partial charge on any atom is -0.310 e. The molecule has 1 N–H and O–H groups in total. The predicted molar refractivity (Wildman–Crippen MR) is 68.3 cm³/mol. The molecule has 1 fully saturated rings. The zero-order valence-corrected chi connectivity index (χ0v) is 11.1. The van der Waals surface area contributed by atoms with E-state index >= 15 is 0 Å². The van der Waals surface area contributed by atoms with Gasteiger partial charge in [0.1, 0.15) is 0 Å². The van der Waals surface area contributed by atoms with E-state index in [0.29, 0.717) is 5.56 Å². The zero-order chi connectivity index (χ0) is 12.5. The van der Waals surface area contributed by atoms with Gasteiger partial charge in [0.2, 0.25) is 0 Å². The quantitative estimate of drug-likeness (QED) is 0.799. The van der Waals surface area contributed by atoms with Crippen molar-refractivity contribution < 1.29 is 13.2 Å². The molecule has 1 heterocycles. The largest absolute Gasteiger partial charge is 0.416 e. The molecule has 1 saturated heterocycles. The van der Waals surface area contributed by atoms with Gasteiger partial charge in [-0.15, -0.1) is 12.4 Å². The van der Waals surface area contributed by atoms with Crippen molar-refractivity contribution in [1.29, 1.82) is 0 Å². The Labute approximate surface area is 115 Å². The lowest BCUT2D eigenvalue weighted by Gasteiger charge is -2.24. The molecule has 0 bridgehead atoms. The number of alkyl halides is 3. The van der Waals surface area contributed by atoms with Gasteiger partial charge in [0.15, 0.2) is 0 Å². The predicted octanol–water partition coefficient (Wildman–Crippen LogP) is 4.60. The number of benzene rings is 1. The van der Waals surface area contributed by atoms with Gasteiger partial charge >= 0.3 is 6.18 Å². The van der Waals surface area contributed by atoms with E-state index in [1.807, 2.05) is 0 Å². The molecule has 102 valence electrons. The molecular weight excluding hydrogens is 286 g/mol. The highest BCUT2D eigenvalue weighted by Gasteiger charge is 2.31. The van der Waals surface area contributed by atoms with Crippen LogP contribution in [-0.4, -0.2) is 6.54 Å². The van der Waals surface area contributed by atoms with Crippen molar-refractivity contribution in [1.82, 2.24) is 5.32 Å². The monoisotopic (exact) mass is 299 g/mol. The van der Waals surface area contributed by atoms with Crippen LogP contribution in [0.3, 0.4) is 0 Å². The van der Waals surface area contributed by atoms with Crippen molar-refractivity contribution in [2.75, 3.05) is 6.54 Å². The first-order valence-corrected chi connectivity index (χ1v) is 5.96. The van der Waals surface area contributed by atoms with Gasteiger partial charge in [0.25, 0.3) is 0 Å². The number of rotatable bonds is 1. The van der Waals surface area contributed by atoms with E-state index in [4.69, 9.17) is 11.6 Å². The highest BCUT2D eigenvalue weighted by molar-refractivity contribution is 6.30. The Morgan fingerprint density at radius 3 is 2.44 bits per heavy atom. The third-order valence-corrected chi connectivity index (χ3v) is 3.18. The Bertz CT molecular complexity index is 401. The Hall–Kier alpha value is -0.450. The summed E-state index contributed by atoms with van der Waals surface area (Å²) in [6.45, 7) is 0.846. The van der Waals surface area contributed by atoms with E-state index in [1.165, 1.54) is 6.07 Å². The van der Waals surface area contributed by atoms with Crippen LogP contribution in [0.4, 0.5) is 13.2 Å². The Morgan fingerprint density at radius 2 is 1.89 bits per heavy atom. The van der Waals surface area contributed by atoms with Crippen molar-refractivity contribution in [2.24, 2.45) is 0 Å². The molecule has 1 nitrogen and oxygen atoms in total. The van der Waals surface area contributed by atoms with E-state index in [9.17, 15) is 13.2 Å². The molecule has 1 atom stereocenters. The molecule has 1 aliphatic rings. The summed E-state index contributed by atoms with van der Waals surface area (Å²) in [6.07, 6.45) is -1.37. The van der Waals surface area contributed by atoms with Gasteiger partial charge < -0.3 is 5.32 Å². The van der Waals surface area contributed by atoms with Crippen LogP contribution < -0.4 is 5.32 Å². The molecule has 0 aliphatic carbocycles. The molecule has 1 aromatic rings. The van der Waals surface area contributed by atoms with E-state index in [-0.39, 0.29) is 23.5 Å². The Kier molecular flexibility index (Phi) is 5.32. The summed E-state index contributed by atoms with van der Waals surface area (Å²) in [5, 5.41) is 3.36. The fourth-order valence-corrected chi connectivity index (χ4v) is 2.36. The van der Waals surface area contributed by atoms with Crippen LogP contribution in [0.15, 0.2) is 18.2 Å². The summed E-state index contributed by atoms with van der Waals surface area (Å²) >= 11 is 5.75. The van der Waals surface area contributed by atoms with Gasteiger partial charge in [-0.1, -0.05) is 18.0 Å². The van der Waals surface area contributed by atoms with Crippen LogP contribution >= 0.6 is 24.0 Å². The standard InChI is InChI=1S/C12H13ClF3N.ClH/c13-10-6-8(11-3-1-2-4-17-11)5-9(7-10)12(14,15)16;/h5-7,11,17H,1-4H2;1H/t11-;/m0./s1. The molecule has 0 aromatic heterocycles. The summed E-state index contributed by atoms with van der Waals surface area (Å²) in [5.41, 5.74) is -0.0445. The second kappa shape index (κ2) is 6.13. The third-order valence-electron chi connectivity index (χ3n) is 2.96. The van der Waals surface area contributed by atoms with Crippen LogP contribution in [-0.2, 0) is 6.18 Å². The van der Waals surface area contributed by atoms with E-state index < -0.39 is 11.7 Å². The Morgan fingerprint density at radius 1 is 1.17 bits per heavy atom. The molecule has 1 aromatic carbocycles. The maximum Gasteiger partial charge on any atom is 0.416 e. The zero-order valence-electron chi connectivity index (χ0n) is 9.56. The summed E-state index contributed by atoms with van der Waals surface area (Å²) < 4.78 is 37.9. The molecule has 0 radical (unpaired) electrons. The van der Waals surface area contributed by atoms with Crippen LogP contribution in [0.1, 0.15) is 36.4 Å². The fraction of sp³-hybridized carbons (Fsp3) is 0.500. The van der Waals surface area contributed by atoms with Crippen molar-refractivity contribution in [3.05, 3.63) is 34.3 Å². The number of halogens is 5. The van der Waals surface area contributed by atoms with Gasteiger partial charge in [-0.05, 0) is 43.1 Å².